The number of aromatic nitrogens is 3. The lowest BCUT2D eigenvalue weighted by molar-refractivity contribution is -0.137. The van der Waals surface area contributed by atoms with E-state index in [2.05, 4.69) is 25.6 Å². The zero-order valence-electron chi connectivity index (χ0n) is 33.3. The Kier molecular flexibility index (Phi) is 12.3. The molecule has 0 radical (unpaired) electrons. The number of carbonyl (C=O) groups is 4. The highest BCUT2D eigenvalue weighted by Crippen LogP contribution is 2.38. The van der Waals surface area contributed by atoms with Crippen LogP contribution in [0, 0.1) is 11.7 Å². The summed E-state index contributed by atoms with van der Waals surface area (Å²) in [5.41, 5.74) is 10.5. The maximum atomic E-state index is 14.2. The van der Waals surface area contributed by atoms with E-state index < -0.39 is 23.9 Å². The van der Waals surface area contributed by atoms with Crippen LogP contribution in [0.5, 0.6) is 5.75 Å². The molecule has 0 spiro atoms. The largest absolute Gasteiger partial charge is 0.482 e. The van der Waals surface area contributed by atoms with E-state index in [9.17, 15) is 23.6 Å². The molecular formula is C43H48Cl2FN9O5. The third kappa shape index (κ3) is 8.79. The van der Waals surface area contributed by atoms with Gasteiger partial charge in [-0.15, -0.1) is 0 Å². The summed E-state index contributed by atoms with van der Waals surface area (Å²) in [6, 6.07) is 9.58. The van der Waals surface area contributed by atoms with Crippen LogP contribution >= 0.6 is 23.2 Å². The van der Waals surface area contributed by atoms with Crippen LogP contribution in [-0.4, -0.2) is 98.4 Å². The van der Waals surface area contributed by atoms with Crippen LogP contribution in [0.15, 0.2) is 55.0 Å². The van der Waals surface area contributed by atoms with Crippen LogP contribution < -0.4 is 21.1 Å². The standard InChI is InChI=1S/C43H48Cl2FN9O5/c1-25(39-32(44)8-9-33(46)40(39)45)60-36-17-27(19-49-41(36)47)28-20-50-55(23-28)29-12-15-53(16-13-29)38(57)7-2-3-14-52-21-26(22-52)18-48-34-6-4-5-30-31(34)24-54(43(30)59)35-10-11-37(56)51-42(35)58/h4-6,8-9,17,19-20,23,25-26,29,35,48H,2-3,7,10-16,18,21-22,24H2,1H3,(H2,47,49)(H,51,56,58). The molecule has 2 aromatic carbocycles. The first kappa shape index (κ1) is 41.5. The number of imide groups is 1. The van der Waals surface area contributed by atoms with Gasteiger partial charge in [0.15, 0.2) is 11.6 Å². The number of amides is 4. The van der Waals surface area contributed by atoms with Crippen molar-refractivity contribution in [2.45, 2.75) is 76.6 Å². The SMILES string of the molecule is CC(Oc1cc(-c2cnn(C3CCN(C(=O)CCCCN4CC(CNc5cccc6c5CN(C5CCC(=O)NC5=O)C6=O)C4)CC3)c2)cnc1N)c1c(Cl)ccc(F)c1Cl. The number of likely N-dealkylation sites (tertiary alicyclic amines) is 2. The number of benzene rings is 2. The molecule has 2 atom stereocenters. The number of nitrogen functional groups attached to an aromatic ring is 1. The fraction of sp³-hybridized carbons (Fsp3) is 0.442. The summed E-state index contributed by atoms with van der Waals surface area (Å²) in [6.45, 7) is 7.11. The smallest absolute Gasteiger partial charge is 0.255 e. The summed E-state index contributed by atoms with van der Waals surface area (Å²) < 4.78 is 22.2. The zero-order chi connectivity index (χ0) is 42.1. The average molecular weight is 861 g/mol. The molecule has 4 aliphatic rings. The van der Waals surface area contributed by atoms with Gasteiger partial charge < -0.3 is 30.5 Å². The van der Waals surface area contributed by atoms with Gasteiger partial charge in [0.2, 0.25) is 17.7 Å². The highest BCUT2D eigenvalue weighted by Gasteiger charge is 2.40. The number of nitrogens with zero attached hydrogens (tertiary/aromatic N) is 6. The number of ether oxygens (including phenoxy) is 1. The fourth-order valence-electron chi connectivity index (χ4n) is 8.70. The molecular weight excluding hydrogens is 812 g/mol. The number of rotatable bonds is 14. The molecule has 4 aliphatic heterocycles. The Hall–Kier alpha value is -5.25. The highest BCUT2D eigenvalue weighted by molar-refractivity contribution is 6.36. The number of hydrogen-bond acceptors (Lipinski definition) is 10. The Morgan fingerprint density at radius 2 is 1.87 bits per heavy atom. The van der Waals surface area contributed by atoms with Crippen molar-refractivity contribution >= 4 is 58.3 Å². The summed E-state index contributed by atoms with van der Waals surface area (Å²) in [5.74, 6) is -0.301. The predicted molar refractivity (Wildman–Crippen MR) is 225 cm³/mol. The van der Waals surface area contributed by atoms with E-state index in [0.29, 0.717) is 55.3 Å². The van der Waals surface area contributed by atoms with Gasteiger partial charge in [0.05, 0.1) is 17.3 Å². The highest BCUT2D eigenvalue weighted by atomic mass is 35.5. The van der Waals surface area contributed by atoms with E-state index in [1.54, 1.807) is 36.4 Å². The number of nitrogens with one attached hydrogen (secondary N) is 2. The van der Waals surface area contributed by atoms with Crippen molar-refractivity contribution in [3.8, 4) is 16.9 Å². The second-order valence-electron chi connectivity index (χ2n) is 16.1. The van der Waals surface area contributed by atoms with Crippen LogP contribution in [0.4, 0.5) is 15.9 Å². The fourth-order valence-corrected chi connectivity index (χ4v) is 9.38. The quantitative estimate of drug-likeness (QED) is 0.0749. The lowest BCUT2D eigenvalue weighted by Crippen LogP contribution is -2.52. The van der Waals surface area contributed by atoms with Crippen LogP contribution in [-0.2, 0) is 20.9 Å². The first-order valence-corrected chi connectivity index (χ1v) is 21.3. The van der Waals surface area contributed by atoms with E-state index in [-0.39, 0.29) is 46.0 Å². The van der Waals surface area contributed by atoms with E-state index >= 15 is 0 Å². The van der Waals surface area contributed by atoms with Gasteiger partial charge in [-0.2, -0.15) is 5.10 Å². The first-order chi connectivity index (χ1) is 28.9. The van der Waals surface area contributed by atoms with E-state index in [1.165, 1.54) is 12.1 Å². The van der Waals surface area contributed by atoms with Crippen molar-refractivity contribution in [2.75, 3.05) is 50.3 Å². The normalized spacial score (nSPS) is 19.3. The second-order valence-corrected chi connectivity index (χ2v) is 16.9. The van der Waals surface area contributed by atoms with Crippen molar-refractivity contribution in [2.24, 2.45) is 5.92 Å². The Labute approximate surface area is 357 Å². The summed E-state index contributed by atoms with van der Waals surface area (Å²) in [5, 5.41) is 10.7. The zero-order valence-corrected chi connectivity index (χ0v) is 34.9. The summed E-state index contributed by atoms with van der Waals surface area (Å²) in [7, 11) is 0. The molecule has 14 nitrogen and oxygen atoms in total. The number of fused-ring (bicyclic) bond motifs is 1. The number of unbranched alkanes of at least 4 members (excludes halogenated alkanes) is 1. The van der Waals surface area contributed by atoms with Gasteiger partial charge in [-0.3, -0.25) is 29.2 Å². The third-order valence-corrected chi connectivity index (χ3v) is 12.8. The van der Waals surface area contributed by atoms with Gasteiger partial charge in [0, 0.05) is 109 Å². The molecule has 17 heteroatoms. The average Bonchev–Trinajstić information content (AvgIpc) is 3.85. The monoisotopic (exact) mass is 859 g/mol. The number of hydrogen-bond donors (Lipinski definition) is 3. The van der Waals surface area contributed by atoms with E-state index in [1.807, 2.05) is 27.9 Å². The molecule has 60 heavy (non-hydrogen) atoms. The van der Waals surface area contributed by atoms with Crippen LogP contribution in [0.1, 0.15) is 85.5 Å². The van der Waals surface area contributed by atoms with Gasteiger partial charge in [0.1, 0.15) is 18.0 Å². The molecule has 3 fully saturated rings. The minimum Gasteiger partial charge on any atom is -0.482 e. The lowest BCUT2D eigenvalue weighted by Gasteiger charge is -2.39. The summed E-state index contributed by atoms with van der Waals surface area (Å²) in [4.78, 5) is 60.6. The Morgan fingerprint density at radius 3 is 2.65 bits per heavy atom. The molecule has 316 valence electrons. The maximum Gasteiger partial charge on any atom is 0.255 e. The van der Waals surface area contributed by atoms with Gasteiger partial charge in [-0.1, -0.05) is 29.3 Å². The molecule has 4 amide bonds. The molecule has 2 unspecified atom stereocenters. The number of piperidine rings is 2. The Bertz CT molecular complexity index is 2290. The Morgan fingerprint density at radius 1 is 1.07 bits per heavy atom. The van der Waals surface area contributed by atoms with Crippen molar-refractivity contribution in [3.05, 3.63) is 87.5 Å². The molecule has 3 saturated heterocycles. The van der Waals surface area contributed by atoms with Crippen LogP contribution in [0.2, 0.25) is 10.0 Å². The molecule has 6 heterocycles. The molecule has 4 aromatic rings. The maximum absolute atomic E-state index is 14.2. The van der Waals surface area contributed by atoms with Gasteiger partial charge in [-0.05, 0) is 75.9 Å². The summed E-state index contributed by atoms with van der Waals surface area (Å²) >= 11 is 12.5. The minimum atomic E-state index is -0.693. The molecule has 2 aromatic heterocycles. The predicted octanol–water partition coefficient (Wildman–Crippen LogP) is 6.25. The second kappa shape index (κ2) is 17.8. The van der Waals surface area contributed by atoms with Crippen molar-refractivity contribution < 1.29 is 28.3 Å². The van der Waals surface area contributed by atoms with Gasteiger partial charge >= 0.3 is 0 Å². The van der Waals surface area contributed by atoms with E-state index in [4.69, 9.17) is 33.7 Å². The number of nitrogens with two attached hydrogens (primary N) is 1. The van der Waals surface area contributed by atoms with Crippen LogP contribution in [0.3, 0.4) is 0 Å². The lowest BCUT2D eigenvalue weighted by atomic mass is 9.99. The van der Waals surface area contributed by atoms with Gasteiger partial charge in [-0.25, -0.2) is 9.37 Å². The molecule has 0 saturated carbocycles. The number of carbonyl (C=O) groups excluding carboxylic acids is 4. The third-order valence-electron chi connectivity index (χ3n) is 12.1. The van der Waals surface area contributed by atoms with Crippen molar-refractivity contribution in [1.29, 1.82) is 0 Å². The van der Waals surface area contributed by atoms with Crippen LogP contribution in [0.25, 0.3) is 11.1 Å². The topological polar surface area (TPSA) is 168 Å². The number of anilines is 2. The number of pyridine rings is 1. The molecule has 0 bridgehead atoms. The van der Waals surface area contributed by atoms with Crippen molar-refractivity contribution in [1.82, 2.24) is 34.8 Å². The van der Waals surface area contributed by atoms with Crippen molar-refractivity contribution in [3.63, 3.8) is 0 Å². The van der Waals surface area contributed by atoms with Gasteiger partial charge in [0.25, 0.3) is 5.91 Å². The minimum absolute atomic E-state index is 0.104. The Balaban J connectivity index is 0.734. The molecule has 0 aliphatic carbocycles. The summed E-state index contributed by atoms with van der Waals surface area (Å²) in [6.07, 6.45) is 9.21. The van der Waals surface area contributed by atoms with E-state index in [0.717, 1.165) is 74.2 Å². The first-order valence-electron chi connectivity index (χ1n) is 20.5. The number of halogens is 3. The molecule has 8 rings (SSSR count). The molecule has 4 N–H and O–H groups in total.